The molecule has 0 radical (unpaired) electrons. The molecule has 2 aromatic rings. The van der Waals surface area contributed by atoms with Gasteiger partial charge in [-0.25, -0.2) is 4.39 Å². The second-order valence-electron chi connectivity index (χ2n) is 4.00. The van der Waals surface area contributed by atoms with Gasteiger partial charge in [0.1, 0.15) is 6.33 Å². The molecule has 2 rings (SSSR count). The molecular weight excluding hydrogens is 221 g/mol. The smallest absolute Gasteiger partial charge is 0.165 e. The minimum absolute atomic E-state index is 0.209. The summed E-state index contributed by atoms with van der Waals surface area (Å²) >= 11 is 0. The standard InChI is InChI=1S/C12H14FN3O/c1-8(2)16-7-14-15-12(16)9-4-5-10(13)11(6-9)17-3/h4-8H,1-3H3. The average Bonchev–Trinajstić information content (AvgIpc) is 2.78. The Balaban J connectivity index is 2.49. The van der Waals surface area contributed by atoms with Gasteiger partial charge in [0, 0.05) is 11.6 Å². The first-order valence-corrected chi connectivity index (χ1v) is 5.37. The van der Waals surface area contributed by atoms with Crippen molar-refractivity contribution in [1.29, 1.82) is 0 Å². The molecule has 0 fully saturated rings. The van der Waals surface area contributed by atoms with Gasteiger partial charge in [-0.2, -0.15) is 0 Å². The van der Waals surface area contributed by atoms with Crippen molar-refractivity contribution in [2.45, 2.75) is 19.9 Å². The van der Waals surface area contributed by atoms with Crippen LogP contribution in [0.2, 0.25) is 0 Å². The summed E-state index contributed by atoms with van der Waals surface area (Å²) in [5.74, 6) is 0.533. The van der Waals surface area contributed by atoms with Crippen LogP contribution in [0.1, 0.15) is 19.9 Å². The fourth-order valence-electron chi connectivity index (χ4n) is 1.63. The summed E-state index contributed by atoms with van der Waals surface area (Å²) in [5.41, 5.74) is 0.787. The van der Waals surface area contributed by atoms with Gasteiger partial charge in [0.05, 0.1) is 7.11 Å². The maximum Gasteiger partial charge on any atom is 0.165 e. The summed E-state index contributed by atoms with van der Waals surface area (Å²) in [6.07, 6.45) is 1.66. The Kier molecular flexibility index (Phi) is 3.08. The lowest BCUT2D eigenvalue weighted by Crippen LogP contribution is -2.02. The number of benzene rings is 1. The number of nitrogens with zero attached hydrogens (tertiary/aromatic N) is 3. The molecule has 0 N–H and O–H groups in total. The van der Waals surface area contributed by atoms with Crippen molar-refractivity contribution >= 4 is 0 Å². The Hall–Kier alpha value is -1.91. The number of hydrogen-bond acceptors (Lipinski definition) is 3. The Labute approximate surface area is 99.1 Å². The summed E-state index contributed by atoms with van der Waals surface area (Å²) in [5, 5.41) is 7.92. The van der Waals surface area contributed by atoms with Crippen LogP contribution < -0.4 is 4.74 Å². The van der Waals surface area contributed by atoms with Crippen LogP contribution in [-0.2, 0) is 0 Å². The summed E-state index contributed by atoms with van der Waals surface area (Å²) in [4.78, 5) is 0. The van der Waals surface area contributed by atoms with Crippen LogP contribution in [0.4, 0.5) is 4.39 Å². The predicted octanol–water partition coefficient (Wildman–Crippen LogP) is 2.67. The van der Waals surface area contributed by atoms with E-state index in [0.717, 1.165) is 5.56 Å². The Bertz CT molecular complexity index is 522. The molecule has 0 spiro atoms. The fraction of sp³-hybridized carbons (Fsp3) is 0.333. The van der Waals surface area contributed by atoms with Crippen molar-refractivity contribution in [3.8, 4) is 17.1 Å². The number of rotatable bonds is 3. The highest BCUT2D eigenvalue weighted by Gasteiger charge is 2.12. The van der Waals surface area contributed by atoms with Gasteiger partial charge < -0.3 is 9.30 Å². The van der Waals surface area contributed by atoms with Gasteiger partial charge in [0.25, 0.3) is 0 Å². The van der Waals surface area contributed by atoms with Crippen LogP contribution in [0.25, 0.3) is 11.4 Å². The van der Waals surface area contributed by atoms with E-state index in [1.54, 1.807) is 18.5 Å². The lowest BCUT2D eigenvalue weighted by Gasteiger charge is -2.10. The van der Waals surface area contributed by atoms with Crippen molar-refractivity contribution < 1.29 is 9.13 Å². The zero-order chi connectivity index (χ0) is 12.4. The molecule has 0 bridgehead atoms. The van der Waals surface area contributed by atoms with Crippen LogP contribution >= 0.6 is 0 Å². The highest BCUT2D eigenvalue weighted by atomic mass is 19.1. The van der Waals surface area contributed by atoms with Crippen LogP contribution in [0.15, 0.2) is 24.5 Å². The highest BCUT2D eigenvalue weighted by molar-refractivity contribution is 5.58. The van der Waals surface area contributed by atoms with E-state index < -0.39 is 0 Å². The second kappa shape index (κ2) is 4.53. The minimum Gasteiger partial charge on any atom is -0.494 e. The monoisotopic (exact) mass is 235 g/mol. The lowest BCUT2D eigenvalue weighted by atomic mass is 10.2. The average molecular weight is 235 g/mol. The molecule has 90 valence electrons. The van der Waals surface area contributed by atoms with Crippen LogP contribution in [0.3, 0.4) is 0 Å². The topological polar surface area (TPSA) is 39.9 Å². The van der Waals surface area contributed by atoms with E-state index >= 15 is 0 Å². The van der Waals surface area contributed by atoms with E-state index in [-0.39, 0.29) is 17.6 Å². The van der Waals surface area contributed by atoms with Crippen LogP contribution in [0.5, 0.6) is 5.75 Å². The zero-order valence-electron chi connectivity index (χ0n) is 10.0. The van der Waals surface area contributed by atoms with Crippen molar-refractivity contribution in [2.24, 2.45) is 0 Å². The quantitative estimate of drug-likeness (QED) is 0.821. The van der Waals surface area contributed by atoms with Crippen molar-refractivity contribution in [3.05, 3.63) is 30.3 Å². The maximum absolute atomic E-state index is 13.3. The highest BCUT2D eigenvalue weighted by Crippen LogP contribution is 2.26. The van der Waals surface area contributed by atoms with Gasteiger partial charge in [-0.1, -0.05) is 0 Å². The van der Waals surface area contributed by atoms with E-state index in [9.17, 15) is 4.39 Å². The van der Waals surface area contributed by atoms with Gasteiger partial charge >= 0.3 is 0 Å². The van der Waals surface area contributed by atoms with E-state index in [1.165, 1.54) is 13.2 Å². The molecule has 0 saturated carbocycles. The van der Waals surface area contributed by atoms with Crippen LogP contribution in [0, 0.1) is 5.82 Å². The van der Waals surface area contributed by atoms with Gasteiger partial charge in [-0.05, 0) is 32.0 Å². The van der Waals surface area contributed by atoms with Crippen molar-refractivity contribution in [1.82, 2.24) is 14.8 Å². The molecule has 0 amide bonds. The minimum atomic E-state index is -0.383. The Morgan fingerprint density at radius 3 is 2.76 bits per heavy atom. The number of methoxy groups -OCH3 is 1. The largest absolute Gasteiger partial charge is 0.494 e. The van der Waals surface area contributed by atoms with Crippen molar-refractivity contribution in [3.63, 3.8) is 0 Å². The Morgan fingerprint density at radius 2 is 2.12 bits per heavy atom. The number of hydrogen-bond donors (Lipinski definition) is 0. The molecule has 0 aliphatic rings. The fourth-order valence-corrected chi connectivity index (χ4v) is 1.63. The molecule has 0 unspecified atom stereocenters. The van der Waals surface area contributed by atoms with E-state index in [0.29, 0.717) is 5.82 Å². The number of halogens is 1. The molecule has 1 aromatic heterocycles. The maximum atomic E-state index is 13.3. The molecule has 17 heavy (non-hydrogen) atoms. The molecule has 0 atom stereocenters. The summed E-state index contributed by atoms with van der Waals surface area (Å²) in [7, 11) is 1.44. The van der Waals surface area contributed by atoms with Gasteiger partial charge in [-0.3, -0.25) is 0 Å². The summed E-state index contributed by atoms with van der Waals surface area (Å²) < 4.78 is 20.2. The SMILES string of the molecule is COc1cc(-c2nncn2C(C)C)ccc1F. The molecule has 0 aliphatic heterocycles. The first-order valence-electron chi connectivity index (χ1n) is 5.37. The van der Waals surface area contributed by atoms with E-state index in [2.05, 4.69) is 10.2 Å². The van der Waals surface area contributed by atoms with E-state index in [4.69, 9.17) is 4.74 Å². The van der Waals surface area contributed by atoms with Gasteiger partial charge in [-0.15, -0.1) is 10.2 Å². The Morgan fingerprint density at radius 1 is 1.35 bits per heavy atom. The molecule has 1 heterocycles. The second-order valence-corrected chi connectivity index (χ2v) is 4.00. The van der Waals surface area contributed by atoms with E-state index in [1.807, 2.05) is 18.4 Å². The summed E-state index contributed by atoms with van der Waals surface area (Å²) in [6, 6.07) is 4.91. The molecule has 4 nitrogen and oxygen atoms in total. The molecule has 1 aromatic carbocycles. The predicted molar refractivity (Wildman–Crippen MR) is 62.4 cm³/mol. The molecule has 0 saturated heterocycles. The number of ether oxygens (including phenoxy) is 1. The van der Waals surface area contributed by atoms with Crippen molar-refractivity contribution in [2.75, 3.05) is 7.11 Å². The summed E-state index contributed by atoms with van der Waals surface area (Å²) in [6.45, 7) is 4.07. The lowest BCUT2D eigenvalue weighted by molar-refractivity contribution is 0.386. The molecular formula is C12H14FN3O. The molecule has 0 aliphatic carbocycles. The van der Waals surface area contributed by atoms with Gasteiger partial charge in [0.15, 0.2) is 17.4 Å². The van der Waals surface area contributed by atoms with Gasteiger partial charge in [0.2, 0.25) is 0 Å². The van der Waals surface area contributed by atoms with Crippen LogP contribution in [-0.4, -0.2) is 21.9 Å². The third-order valence-electron chi connectivity index (χ3n) is 2.54. The number of aromatic nitrogens is 3. The first kappa shape index (κ1) is 11.6. The normalized spacial score (nSPS) is 10.9. The third kappa shape index (κ3) is 2.13. The zero-order valence-corrected chi connectivity index (χ0v) is 10.0. The first-order chi connectivity index (χ1) is 8.13. The molecule has 5 heteroatoms. The third-order valence-corrected chi connectivity index (χ3v) is 2.54.